The molecule has 2 amide bonds. The van der Waals surface area contributed by atoms with E-state index in [9.17, 15) is 29.1 Å². The minimum absolute atomic E-state index is 0.0633. The monoisotopic (exact) mass is 554 g/mol. The Kier molecular flexibility index (Phi) is 12.9. The molecule has 0 fully saturated rings. The van der Waals surface area contributed by atoms with Crippen LogP contribution in [0.5, 0.6) is 0 Å². The summed E-state index contributed by atoms with van der Waals surface area (Å²) in [5, 5.41) is 17.8. The Morgan fingerprint density at radius 1 is 0.800 bits per heavy atom. The van der Waals surface area contributed by atoms with E-state index in [0.29, 0.717) is 11.1 Å². The summed E-state index contributed by atoms with van der Waals surface area (Å²) in [6.07, 6.45) is -1.44. The Labute approximate surface area is 234 Å². The molecule has 2 aromatic rings. The molecule has 0 radical (unpaired) electrons. The smallest absolute Gasteiger partial charge is 0.408 e. The molecular weight excluding hydrogens is 516 g/mol. The Balaban J connectivity index is 1.96. The third-order valence-electron chi connectivity index (χ3n) is 5.60. The lowest BCUT2D eigenvalue weighted by atomic mass is 10.1. The van der Waals surface area contributed by atoms with Crippen LogP contribution in [0.3, 0.4) is 0 Å². The van der Waals surface area contributed by atoms with Crippen LogP contribution in [0.1, 0.15) is 47.9 Å². The van der Waals surface area contributed by atoms with Gasteiger partial charge in [0.25, 0.3) is 0 Å². The summed E-state index contributed by atoms with van der Waals surface area (Å²) in [5.74, 6) is -2.10. The number of carboxylic acid groups (broad SMARTS) is 1. The molecule has 1 atom stereocenters. The van der Waals surface area contributed by atoms with Crippen LogP contribution in [-0.2, 0) is 14.3 Å². The predicted octanol–water partition coefficient (Wildman–Crippen LogP) is 2.13. The Bertz CT molecular complexity index is 1070. The molecule has 0 saturated heterocycles. The van der Waals surface area contributed by atoms with Crippen molar-refractivity contribution >= 4 is 29.5 Å². The van der Waals surface area contributed by atoms with Gasteiger partial charge in [-0.3, -0.25) is 14.4 Å². The summed E-state index contributed by atoms with van der Waals surface area (Å²) >= 11 is 0. The number of amides is 2. The number of carbonyl (C=O) groups excluding carboxylic acids is 4. The zero-order chi connectivity index (χ0) is 29.5. The third kappa shape index (κ3) is 12.2. The maximum Gasteiger partial charge on any atom is 0.408 e. The van der Waals surface area contributed by atoms with E-state index < -0.39 is 36.0 Å². The van der Waals surface area contributed by atoms with Crippen LogP contribution in [0.15, 0.2) is 60.7 Å². The number of rotatable bonds is 16. The number of nitrogens with zero attached hydrogens (tertiary/aromatic N) is 1. The summed E-state index contributed by atoms with van der Waals surface area (Å²) < 4.78 is 5.11. The van der Waals surface area contributed by atoms with Crippen molar-refractivity contribution in [2.24, 2.45) is 0 Å². The molecule has 216 valence electrons. The number of benzene rings is 2. The number of hydrogen-bond donors (Lipinski definition) is 4. The van der Waals surface area contributed by atoms with Gasteiger partial charge in [-0.1, -0.05) is 60.7 Å². The molecule has 11 nitrogen and oxygen atoms in total. The lowest BCUT2D eigenvalue weighted by Crippen LogP contribution is -2.48. The second kappa shape index (κ2) is 16.1. The lowest BCUT2D eigenvalue weighted by Gasteiger charge is -2.26. The molecule has 0 heterocycles. The highest BCUT2D eigenvalue weighted by atomic mass is 16.6. The number of ketones is 2. The number of carbonyl (C=O) groups is 5. The highest BCUT2D eigenvalue weighted by Crippen LogP contribution is 2.08. The number of Topliss-reactive ketones (excluding diaryl/α,β-unsaturated/α-hetero) is 2. The van der Waals surface area contributed by atoms with Gasteiger partial charge in [0.1, 0.15) is 11.6 Å². The Morgan fingerprint density at radius 3 is 1.65 bits per heavy atom. The van der Waals surface area contributed by atoms with Gasteiger partial charge in [-0.25, -0.2) is 9.59 Å². The summed E-state index contributed by atoms with van der Waals surface area (Å²) in [5.41, 5.74) is 0.287. The number of aliphatic carboxylic acids is 1. The van der Waals surface area contributed by atoms with Gasteiger partial charge in [-0.15, -0.1) is 0 Å². The van der Waals surface area contributed by atoms with E-state index in [1.807, 2.05) is 12.1 Å². The molecule has 0 aliphatic rings. The zero-order valence-electron chi connectivity index (χ0n) is 23.1. The molecular formula is C29H38N4O7. The van der Waals surface area contributed by atoms with Crippen LogP contribution in [0.4, 0.5) is 4.79 Å². The van der Waals surface area contributed by atoms with Gasteiger partial charge in [-0.05, 0) is 20.8 Å². The van der Waals surface area contributed by atoms with E-state index in [2.05, 4.69) is 16.0 Å². The van der Waals surface area contributed by atoms with Crippen LogP contribution < -0.4 is 16.0 Å². The van der Waals surface area contributed by atoms with Gasteiger partial charge < -0.3 is 30.7 Å². The van der Waals surface area contributed by atoms with Gasteiger partial charge in [-0.2, -0.15) is 0 Å². The van der Waals surface area contributed by atoms with Gasteiger partial charge in [0, 0.05) is 37.3 Å². The number of hydrogen-bond acceptors (Lipinski definition) is 8. The van der Waals surface area contributed by atoms with Crippen LogP contribution in [0, 0.1) is 0 Å². The van der Waals surface area contributed by atoms with E-state index >= 15 is 0 Å². The van der Waals surface area contributed by atoms with Crippen molar-refractivity contribution in [1.29, 1.82) is 0 Å². The highest BCUT2D eigenvalue weighted by Gasteiger charge is 2.28. The molecule has 0 aliphatic heterocycles. The largest absolute Gasteiger partial charge is 0.480 e. The Morgan fingerprint density at radius 2 is 1.25 bits per heavy atom. The van der Waals surface area contributed by atoms with Crippen molar-refractivity contribution in [1.82, 2.24) is 20.9 Å². The second-order valence-electron chi connectivity index (χ2n) is 10.1. The van der Waals surface area contributed by atoms with Crippen LogP contribution in [-0.4, -0.2) is 90.5 Å². The third-order valence-corrected chi connectivity index (χ3v) is 5.60. The molecule has 0 aromatic heterocycles. The molecule has 0 saturated carbocycles. The van der Waals surface area contributed by atoms with Crippen molar-refractivity contribution in [3.63, 3.8) is 0 Å². The Hall–Kier alpha value is -4.09. The summed E-state index contributed by atoms with van der Waals surface area (Å²) in [7, 11) is 0. The minimum Gasteiger partial charge on any atom is -0.480 e. The van der Waals surface area contributed by atoms with Gasteiger partial charge in [0.05, 0.1) is 19.5 Å². The number of nitrogens with one attached hydrogen (secondary N) is 3. The van der Waals surface area contributed by atoms with Crippen molar-refractivity contribution in [3.05, 3.63) is 71.8 Å². The molecule has 0 spiro atoms. The standard InChI is InChI=1S/C29H38N4O7/c1-29(2,3)40-28(39)32-23(27(37)38)18-26(36)33(16-14-30-19-24(34)21-10-6-4-7-11-21)17-15-31-20-25(35)22-12-8-5-9-13-22/h4-13,23,30-31H,14-20H2,1-3H3,(H,32,39)(H,37,38). The topological polar surface area (TPSA) is 154 Å². The van der Waals surface area contributed by atoms with Crippen molar-refractivity contribution < 1.29 is 33.8 Å². The summed E-state index contributed by atoms with van der Waals surface area (Å²) in [6, 6.07) is 16.1. The first-order valence-electron chi connectivity index (χ1n) is 13.0. The van der Waals surface area contributed by atoms with Gasteiger partial charge in [0.15, 0.2) is 11.6 Å². The summed E-state index contributed by atoms with van der Waals surface area (Å²) in [4.78, 5) is 63.1. The van der Waals surface area contributed by atoms with Gasteiger partial charge in [0.2, 0.25) is 5.91 Å². The lowest BCUT2D eigenvalue weighted by molar-refractivity contribution is -0.143. The quantitative estimate of drug-likeness (QED) is 0.180. The van der Waals surface area contributed by atoms with Crippen molar-refractivity contribution in [3.8, 4) is 0 Å². The fourth-order valence-electron chi connectivity index (χ4n) is 3.60. The van der Waals surface area contributed by atoms with E-state index in [0.717, 1.165) is 0 Å². The fraction of sp³-hybridized carbons (Fsp3) is 0.414. The fourth-order valence-corrected chi connectivity index (χ4v) is 3.60. The summed E-state index contributed by atoms with van der Waals surface area (Å²) in [6.45, 7) is 5.93. The molecule has 40 heavy (non-hydrogen) atoms. The van der Waals surface area contributed by atoms with E-state index in [1.165, 1.54) is 4.90 Å². The van der Waals surface area contributed by atoms with Gasteiger partial charge >= 0.3 is 12.1 Å². The van der Waals surface area contributed by atoms with E-state index in [-0.39, 0.29) is 50.8 Å². The first-order valence-corrected chi connectivity index (χ1v) is 13.0. The molecule has 2 rings (SSSR count). The van der Waals surface area contributed by atoms with Crippen LogP contribution >= 0.6 is 0 Å². The van der Waals surface area contributed by atoms with Crippen LogP contribution in [0.25, 0.3) is 0 Å². The van der Waals surface area contributed by atoms with Crippen molar-refractivity contribution in [2.75, 3.05) is 39.3 Å². The average Bonchev–Trinajstić information content (AvgIpc) is 2.91. The molecule has 4 N–H and O–H groups in total. The average molecular weight is 555 g/mol. The molecule has 11 heteroatoms. The van der Waals surface area contributed by atoms with Crippen molar-refractivity contribution in [2.45, 2.75) is 38.8 Å². The number of ether oxygens (including phenoxy) is 1. The second-order valence-corrected chi connectivity index (χ2v) is 10.1. The number of carboxylic acids is 1. The minimum atomic E-state index is -1.50. The first kappa shape index (κ1) is 32.1. The maximum atomic E-state index is 13.1. The first-order chi connectivity index (χ1) is 19.0. The zero-order valence-corrected chi connectivity index (χ0v) is 23.1. The van der Waals surface area contributed by atoms with E-state index in [4.69, 9.17) is 4.74 Å². The SMILES string of the molecule is CC(C)(C)OC(=O)NC(CC(=O)N(CCNCC(=O)c1ccccc1)CCNCC(=O)c1ccccc1)C(=O)O. The normalized spacial score (nSPS) is 11.8. The molecule has 1 unspecified atom stereocenters. The maximum absolute atomic E-state index is 13.1. The molecule has 2 aromatic carbocycles. The highest BCUT2D eigenvalue weighted by molar-refractivity contribution is 5.98. The van der Waals surface area contributed by atoms with E-state index in [1.54, 1.807) is 69.3 Å². The predicted molar refractivity (Wildman–Crippen MR) is 149 cm³/mol. The molecule has 0 aliphatic carbocycles. The molecule has 0 bridgehead atoms. The number of alkyl carbamates (subject to hydrolysis) is 1. The van der Waals surface area contributed by atoms with Crippen LogP contribution in [0.2, 0.25) is 0 Å².